The number of rotatable bonds is 4. The van der Waals surface area contributed by atoms with Crippen LogP contribution in [0.3, 0.4) is 0 Å². The predicted octanol–water partition coefficient (Wildman–Crippen LogP) is 2.16. The van der Waals surface area contributed by atoms with E-state index in [1.807, 2.05) is 18.2 Å². The Morgan fingerprint density at radius 2 is 2.10 bits per heavy atom. The average molecular weight is 341 g/mol. The van der Waals surface area contributed by atoms with E-state index in [1.165, 1.54) is 0 Å². The van der Waals surface area contributed by atoms with Crippen LogP contribution in [0, 0.1) is 0 Å². The van der Waals surface area contributed by atoms with Gasteiger partial charge >= 0.3 is 0 Å². The van der Waals surface area contributed by atoms with Crippen molar-refractivity contribution >= 4 is 27.4 Å². The summed E-state index contributed by atoms with van der Waals surface area (Å²) in [6, 6.07) is 5.90. The van der Waals surface area contributed by atoms with Crippen molar-refractivity contribution < 1.29 is 9.90 Å². The van der Waals surface area contributed by atoms with Gasteiger partial charge in [-0.2, -0.15) is 0 Å². The van der Waals surface area contributed by atoms with Crippen molar-refractivity contribution in [3.8, 4) is 0 Å². The van der Waals surface area contributed by atoms with Gasteiger partial charge in [0.1, 0.15) is 0 Å². The summed E-state index contributed by atoms with van der Waals surface area (Å²) < 4.78 is 0.933. The Kier molecular flexibility index (Phi) is 5.57. The monoisotopic (exact) mass is 340 g/mol. The smallest absolute Gasteiger partial charge is 0.161 e. The van der Waals surface area contributed by atoms with E-state index >= 15 is 0 Å². The highest BCUT2D eigenvalue weighted by molar-refractivity contribution is 9.10. The van der Waals surface area contributed by atoms with Crippen LogP contribution >= 0.6 is 15.9 Å². The van der Waals surface area contributed by atoms with Crippen LogP contribution in [-0.4, -0.2) is 55.1 Å². The summed E-state index contributed by atoms with van der Waals surface area (Å²) >= 11 is 3.43. The maximum absolute atomic E-state index is 11.8. The van der Waals surface area contributed by atoms with Gasteiger partial charge in [-0.3, -0.25) is 9.69 Å². The number of benzene rings is 1. The fourth-order valence-corrected chi connectivity index (χ4v) is 3.00. The lowest BCUT2D eigenvalue weighted by molar-refractivity contribution is 0.101. The van der Waals surface area contributed by atoms with E-state index in [9.17, 15) is 4.79 Å². The fraction of sp³-hybridized carbons (Fsp3) is 0.533. The Hall–Kier alpha value is -0.910. The Morgan fingerprint density at radius 3 is 2.80 bits per heavy atom. The predicted molar refractivity (Wildman–Crippen MR) is 84.5 cm³/mol. The maximum atomic E-state index is 11.8. The second-order valence-electron chi connectivity index (χ2n) is 5.12. The largest absolute Gasteiger partial charge is 0.395 e. The molecule has 1 N–H and O–H groups in total. The van der Waals surface area contributed by atoms with E-state index < -0.39 is 0 Å². The van der Waals surface area contributed by atoms with Crippen molar-refractivity contribution in [3.05, 3.63) is 28.2 Å². The molecule has 0 unspecified atom stereocenters. The van der Waals surface area contributed by atoms with Gasteiger partial charge in [-0.1, -0.05) is 15.9 Å². The number of ketones is 1. The van der Waals surface area contributed by atoms with E-state index in [1.54, 1.807) is 6.92 Å². The maximum Gasteiger partial charge on any atom is 0.161 e. The molecule has 0 bridgehead atoms. The average Bonchev–Trinajstić information content (AvgIpc) is 2.65. The Balaban J connectivity index is 2.17. The van der Waals surface area contributed by atoms with E-state index in [4.69, 9.17) is 5.11 Å². The summed E-state index contributed by atoms with van der Waals surface area (Å²) in [5, 5.41) is 9.04. The molecule has 0 spiro atoms. The van der Waals surface area contributed by atoms with Gasteiger partial charge < -0.3 is 10.0 Å². The third-order valence-corrected chi connectivity index (χ3v) is 4.18. The number of β-amino-alcohol motifs (C(OH)–C–C–N with tert-alkyl or cyclic N) is 1. The summed E-state index contributed by atoms with van der Waals surface area (Å²) in [4.78, 5) is 16.4. The first-order valence-electron chi connectivity index (χ1n) is 7.00. The SMILES string of the molecule is CC(=O)c1cc(Br)ccc1N1CCCN(CCO)CC1. The number of anilines is 1. The molecule has 0 saturated carbocycles. The molecule has 5 heteroatoms. The van der Waals surface area contributed by atoms with Gasteiger partial charge in [0.25, 0.3) is 0 Å². The van der Waals surface area contributed by atoms with Crippen molar-refractivity contribution in [2.75, 3.05) is 44.2 Å². The minimum absolute atomic E-state index is 0.0951. The molecule has 110 valence electrons. The number of carbonyl (C=O) groups excluding carboxylic acids is 1. The number of aliphatic hydroxyl groups excluding tert-OH is 1. The molecule has 0 radical (unpaired) electrons. The quantitative estimate of drug-likeness (QED) is 0.853. The molecule has 1 aliphatic heterocycles. The van der Waals surface area contributed by atoms with Crippen LogP contribution in [0.15, 0.2) is 22.7 Å². The molecule has 1 fully saturated rings. The van der Waals surface area contributed by atoms with E-state index in [-0.39, 0.29) is 12.4 Å². The zero-order valence-electron chi connectivity index (χ0n) is 11.8. The summed E-state index contributed by atoms with van der Waals surface area (Å²) in [6.45, 7) is 6.31. The molecule has 20 heavy (non-hydrogen) atoms. The number of aliphatic hydroxyl groups is 1. The Morgan fingerprint density at radius 1 is 1.30 bits per heavy atom. The molecule has 1 aromatic carbocycles. The highest BCUT2D eigenvalue weighted by atomic mass is 79.9. The zero-order valence-corrected chi connectivity index (χ0v) is 13.4. The van der Waals surface area contributed by atoms with Crippen molar-refractivity contribution in [3.63, 3.8) is 0 Å². The molecular formula is C15H21BrN2O2. The molecule has 2 rings (SSSR count). The number of Topliss-reactive ketones (excluding diaryl/α,β-unsaturated/α-hetero) is 1. The first-order chi connectivity index (χ1) is 9.61. The lowest BCUT2D eigenvalue weighted by Crippen LogP contribution is -2.32. The highest BCUT2D eigenvalue weighted by Crippen LogP contribution is 2.26. The number of nitrogens with zero attached hydrogens (tertiary/aromatic N) is 2. The van der Waals surface area contributed by atoms with Gasteiger partial charge in [-0.15, -0.1) is 0 Å². The third-order valence-electron chi connectivity index (χ3n) is 3.68. The fourth-order valence-electron chi connectivity index (χ4n) is 2.64. The van der Waals surface area contributed by atoms with Crippen LogP contribution < -0.4 is 4.90 Å². The molecule has 1 saturated heterocycles. The van der Waals surface area contributed by atoms with Crippen molar-refractivity contribution in [2.45, 2.75) is 13.3 Å². The molecule has 0 aliphatic carbocycles. The minimum Gasteiger partial charge on any atom is -0.395 e. The Labute approximate surface area is 128 Å². The molecule has 0 amide bonds. The summed E-state index contributed by atoms with van der Waals surface area (Å²) in [5.74, 6) is 0.0951. The van der Waals surface area contributed by atoms with Gasteiger partial charge in [0.15, 0.2) is 5.78 Å². The summed E-state index contributed by atoms with van der Waals surface area (Å²) in [5.41, 5.74) is 1.79. The van der Waals surface area contributed by atoms with Crippen LogP contribution in [0.2, 0.25) is 0 Å². The zero-order chi connectivity index (χ0) is 14.5. The normalized spacial score (nSPS) is 17.1. The highest BCUT2D eigenvalue weighted by Gasteiger charge is 2.18. The first kappa shape index (κ1) is 15.5. The van der Waals surface area contributed by atoms with Crippen LogP contribution in [0.25, 0.3) is 0 Å². The van der Waals surface area contributed by atoms with Crippen LogP contribution in [0.1, 0.15) is 23.7 Å². The number of hydrogen-bond donors (Lipinski definition) is 1. The van der Waals surface area contributed by atoms with Crippen molar-refractivity contribution in [1.29, 1.82) is 0 Å². The third kappa shape index (κ3) is 3.81. The molecule has 0 atom stereocenters. The molecule has 1 aromatic rings. The summed E-state index contributed by atoms with van der Waals surface area (Å²) in [6.07, 6.45) is 1.05. The number of halogens is 1. The van der Waals surface area contributed by atoms with Crippen molar-refractivity contribution in [1.82, 2.24) is 4.90 Å². The second-order valence-corrected chi connectivity index (χ2v) is 6.04. The van der Waals surface area contributed by atoms with Crippen LogP contribution in [0.4, 0.5) is 5.69 Å². The van der Waals surface area contributed by atoms with Gasteiger partial charge in [-0.05, 0) is 38.1 Å². The van der Waals surface area contributed by atoms with Gasteiger partial charge in [0.2, 0.25) is 0 Å². The van der Waals surface area contributed by atoms with Gasteiger partial charge in [0, 0.05) is 41.9 Å². The topological polar surface area (TPSA) is 43.8 Å². The van der Waals surface area contributed by atoms with Crippen LogP contribution in [-0.2, 0) is 0 Å². The number of carbonyl (C=O) groups is 1. The molecule has 0 aromatic heterocycles. The second kappa shape index (κ2) is 7.20. The lowest BCUT2D eigenvalue weighted by atomic mass is 10.1. The van der Waals surface area contributed by atoms with Crippen LogP contribution in [0.5, 0.6) is 0 Å². The number of hydrogen-bond acceptors (Lipinski definition) is 4. The lowest BCUT2D eigenvalue weighted by Gasteiger charge is -2.25. The van der Waals surface area contributed by atoms with E-state index in [0.29, 0.717) is 0 Å². The Bertz CT molecular complexity index is 479. The van der Waals surface area contributed by atoms with E-state index in [0.717, 1.165) is 54.9 Å². The first-order valence-corrected chi connectivity index (χ1v) is 7.80. The summed E-state index contributed by atoms with van der Waals surface area (Å²) in [7, 11) is 0. The molecule has 1 aliphatic rings. The van der Waals surface area contributed by atoms with Gasteiger partial charge in [0.05, 0.1) is 6.61 Å². The van der Waals surface area contributed by atoms with Crippen molar-refractivity contribution in [2.24, 2.45) is 0 Å². The van der Waals surface area contributed by atoms with E-state index in [2.05, 4.69) is 25.7 Å². The molecule has 4 nitrogen and oxygen atoms in total. The minimum atomic E-state index is 0.0951. The standard InChI is InChI=1S/C15H21BrN2O2/c1-12(20)14-11-13(16)3-4-15(14)18-6-2-5-17(7-8-18)9-10-19/h3-4,11,19H,2,5-10H2,1H3. The molecular weight excluding hydrogens is 320 g/mol. The molecule has 1 heterocycles. The van der Waals surface area contributed by atoms with Gasteiger partial charge in [-0.25, -0.2) is 0 Å².